The molecule has 0 aromatic heterocycles. The summed E-state index contributed by atoms with van der Waals surface area (Å²) >= 11 is 0. The summed E-state index contributed by atoms with van der Waals surface area (Å²) in [7, 11) is 0. The fourth-order valence-corrected chi connectivity index (χ4v) is 6.75. The maximum atomic E-state index is 13.0. The second kappa shape index (κ2) is 7.70. The predicted molar refractivity (Wildman–Crippen MR) is 111 cm³/mol. The molecule has 0 unspecified atom stereocenters. The number of carbonyl (C=O) groups excluding carboxylic acids is 1. The molecule has 5 fully saturated rings. The number of rotatable bonds is 7. The molecule has 1 aliphatic heterocycles. The van der Waals surface area contributed by atoms with Gasteiger partial charge in [0.1, 0.15) is 6.61 Å². The van der Waals surface area contributed by atoms with Crippen molar-refractivity contribution in [3.63, 3.8) is 0 Å². The number of hydrogen-bond donors (Lipinski definition) is 1. The van der Waals surface area contributed by atoms with E-state index in [9.17, 15) is 4.79 Å². The quantitative estimate of drug-likeness (QED) is 0.707. The smallest absolute Gasteiger partial charge is 0.312 e. The standard InChI is InChI=1S/C24H34N2O2/c27-23(24-14-19-11-20(15-24)13-21(12-19)16-24)28-17-18-3-5-22(6-4-18)25-7-10-26-8-1-2-9-26/h3-6,19-21,25H,1-2,7-17H2. The topological polar surface area (TPSA) is 41.6 Å². The molecule has 152 valence electrons. The molecule has 1 aromatic carbocycles. The summed E-state index contributed by atoms with van der Waals surface area (Å²) in [6.45, 7) is 5.00. The number of likely N-dealkylation sites (tertiary alicyclic amines) is 1. The number of carbonyl (C=O) groups is 1. The van der Waals surface area contributed by atoms with Crippen molar-refractivity contribution < 1.29 is 9.53 Å². The highest BCUT2D eigenvalue weighted by Crippen LogP contribution is 2.60. The Morgan fingerprint density at radius 2 is 1.61 bits per heavy atom. The van der Waals surface area contributed by atoms with E-state index >= 15 is 0 Å². The van der Waals surface area contributed by atoms with Gasteiger partial charge >= 0.3 is 5.97 Å². The lowest BCUT2D eigenvalue weighted by Crippen LogP contribution is -2.50. The van der Waals surface area contributed by atoms with E-state index < -0.39 is 0 Å². The summed E-state index contributed by atoms with van der Waals surface area (Å²) in [6, 6.07) is 8.39. The van der Waals surface area contributed by atoms with Crippen LogP contribution in [-0.4, -0.2) is 37.0 Å². The van der Waals surface area contributed by atoms with E-state index in [2.05, 4.69) is 34.5 Å². The predicted octanol–water partition coefficient (Wildman–Crippen LogP) is 4.45. The third-order valence-corrected chi connectivity index (χ3v) is 7.75. The maximum absolute atomic E-state index is 13.0. The average Bonchev–Trinajstić information content (AvgIpc) is 3.19. The summed E-state index contributed by atoms with van der Waals surface area (Å²) < 4.78 is 5.84. The van der Waals surface area contributed by atoms with Crippen LogP contribution >= 0.6 is 0 Å². The van der Waals surface area contributed by atoms with E-state index in [-0.39, 0.29) is 11.4 Å². The highest BCUT2D eigenvalue weighted by Gasteiger charge is 2.55. The molecule has 6 rings (SSSR count). The molecule has 4 heteroatoms. The zero-order valence-electron chi connectivity index (χ0n) is 17.0. The Morgan fingerprint density at radius 3 is 2.21 bits per heavy atom. The van der Waals surface area contributed by atoms with E-state index in [0.29, 0.717) is 6.61 Å². The molecule has 5 aliphatic rings. The van der Waals surface area contributed by atoms with Crippen molar-refractivity contribution in [2.75, 3.05) is 31.5 Å². The fourth-order valence-electron chi connectivity index (χ4n) is 6.75. The van der Waals surface area contributed by atoms with Crippen LogP contribution in [0.25, 0.3) is 0 Å². The summed E-state index contributed by atoms with van der Waals surface area (Å²) in [4.78, 5) is 15.5. The van der Waals surface area contributed by atoms with Crippen LogP contribution in [0.3, 0.4) is 0 Å². The molecule has 28 heavy (non-hydrogen) atoms. The average molecular weight is 383 g/mol. The van der Waals surface area contributed by atoms with E-state index in [1.807, 2.05) is 0 Å². The lowest BCUT2D eigenvalue weighted by Gasteiger charge is -2.55. The van der Waals surface area contributed by atoms with Crippen LogP contribution in [0.4, 0.5) is 5.69 Å². The summed E-state index contributed by atoms with van der Waals surface area (Å²) in [5.74, 6) is 2.43. The summed E-state index contributed by atoms with van der Waals surface area (Å²) in [6.07, 6.45) is 10.0. The minimum Gasteiger partial charge on any atom is -0.460 e. The molecule has 4 bridgehead atoms. The van der Waals surface area contributed by atoms with Crippen LogP contribution in [0.2, 0.25) is 0 Å². The number of anilines is 1. The van der Waals surface area contributed by atoms with Crippen molar-refractivity contribution in [1.29, 1.82) is 0 Å². The normalized spacial score (nSPS) is 33.9. The number of hydrogen-bond acceptors (Lipinski definition) is 4. The van der Waals surface area contributed by atoms with Gasteiger partial charge in [-0.15, -0.1) is 0 Å². The van der Waals surface area contributed by atoms with Gasteiger partial charge in [-0.1, -0.05) is 12.1 Å². The van der Waals surface area contributed by atoms with Gasteiger partial charge in [0, 0.05) is 18.8 Å². The molecular formula is C24H34N2O2. The van der Waals surface area contributed by atoms with E-state index in [1.54, 1.807) is 0 Å². The fraction of sp³-hybridized carbons (Fsp3) is 0.708. The molecule has 0 spiro atoms. The van der Waals surface area contributed by atoms with Gasteiger partial charge in [0.2, 0.25) is 0 Å². The largest absolute Gasteiger partial charge is 0.460 e. The third kappa shape index (κ3) is 3.80. The van der Waals surface area contributed by atoms with E-state index in [1.165, 1.54) is 45.2 Å². The molecule has 0 atom stereocenters. The molecular weight excluding hydrogens is 348 g/mol. The van der Waals surface area contributed by atoms with Gasteiger partial charge in [0.05, 0.1) is 5.41 Å². The van der Waals surface area contributed by atoms with E-state index in [0.717, 1.165) is 61.4 Å². The van der Waals surface area contributed by atoms with Crippen LogP contribution in [-0.2, 0) is 16.1 Å². The van der Waals surface area contributed by atoms with Crippen molar-refractivity contribution in [3.8, 4) is 0 Å². The third-order valence-electron chi connectivity index (χ3n) is 7.75. The second-order valence-corrected chi connectivity index (χ2v) is 9.95. The first-order chi connectivity index (χ1) is 13.7. The number of nitrogens with zero attached hydrogens (tertiary/aromatic N) is 1. The zero-order chi connectivity index (χ0) is 19.0. The molecule has 1 heterocycles. The monoisotopic (exact) mass is 382 g/mol. The van der Waals surface area contributed by atoms with Gasteiger partial charge in [-0.3, -0.25) is 4.79 Å². The minimum absolute atomic E-state index is 0.0828. The number of ether oxygens (including phenoxy) is 1. The maximum Gasteiger partial charge on any atom is 0.312 e. The van der Waals surface area contributed by atoms with Gasteiger partial charge < -0.3 is 15.0 Å². The summed E-state index contributed by atoms with van der Waals surface area (Å²) in [5, 5.41) is 3.50. The number of esters is 1. The summed E-state index contributed by atoms with van der Waals surface area (Å²) in [5.41, 5.74) is 2.09. The molecule has 1 saturated heterocycles. The van der Waals surface area contributed by atoms with Crippen LogP contribution in [0.5, 0.6) is 0 Å². The highest BCUT2D eigenvalue weighted by molar-refractivity contribution is 5.77. The Bertz CT molecular complexity index is 658. The Hall–Kier alpha value is -1.55. The van der Waals surface area contributed by atoms with Crippen LogP contribution in [0, 0.1) is 23.2 Å². The lowest BCUT2D eigenvalue weighted by molar-refractivity contribution is -0.172. The van der Waals surface area contributed by atoms with Gasteiger partial charge in [-0.25, -0.2) is 0 Å². The van der Waals surface area contributed by atoms with Crippen molar-refractivity contribution in [2.45, 2.75) is 58.0 Å². The lowest BCUT2D eigenvalue weighted by atomic mass is 9.49. The van der Waals surface area contributed by atoms with Crippen molar-refractivity contribution in [2.24, 2.45) is 23.2 Å². The van der Waals surface area contributed by atoms with Gasteiger partial charge in [-0.05, 0) is 99.9 Å². The second-order valence-electron chi connectivity index (χ2n) is 9.95. The van der Waals surface area contributed by atoms with E-state index in [4.69, 9.17) is 4.74 Å². The Labute approximate surface area is 169 Å². The van der Waals surface area contributed by atoms with Crippen molar-refractivity contribution >= 4 is 11.7 Å². The molecule has 4 nitrogen and oxygen atoms in total. The first-order valence-electron chi connectivity index (χ1n) is 11.4. The highest BCUT2D eigenvalue weighted by atomic mass is 16.5. The molecule has 4 saturated carbocycles. The van der Waals surface area contributed by atoms with Gasteiger partial charge in [0.15, 0.2) is 0 Å². The molecule has 4 aliphatic carbocycles. The molecule has 1 N–H and O–H groups in total. The number of nitrogens with one attached hydrogen (secondary N) is 1. The minimum atomic E-state index is -0.147. The van der Waals surface area contributed by atoms with Crippen LogP contribution in [0.15, 0.2) is 24.3 Å². The van der Waals surface area contributed by atoms with Gasteiger partial charge in [0.25, 0.3) is 0 Å². The first kappa shape index (κ1) is 18.5. The van der Waals surface area contributed by atoms with Crippen LogP contribution in [0.1, 0.15) is 56.9 Å². The zero-order valence-corrected chi connectivity index (χ0v) is 17.0. The Balaban J connectivity index is 1.10. The first-order valence-corrected chi connectivity index (χ1v) is 11.4. The number of benzene rings is 1. The van der Waals surface area contributed by atoms with Crippen molar-refractivity contribution in [1.82, 2.24) is 4.90 Å². The van der Waals surface area contributed by atoms with Crippen molar-refractivity contribution in [3.05, 3.63) is 29.8 Å². The Morgan fingerprint density at radius 1 is 1.00 bits per heavy atom. The van der Waals surface area contributed by atoms with Gasteiger partial charge in [-0.2, -0.15) is 0 Å². The Kier molecular flexibility index (Phi) is 5.08. The molecule has 0 amide bonds. The molecule has 0 radical (unpaired) electrons. The van der Waals surface area contributed by atoms with Crippen LogP contribution < -0.4 is 5.32 Å². The SMILES string of the molecule is O=C(OCc1ccc(NCCN2CCCC2)cc1)C12CC3CC(CC(C3)C1)C2. The molecule has 1 aromatic rings.